The normalized spacial score (nSPS) is 9.50. The third-order valence-corrected chi connectivity index (χ3v) is 1.52. The highest BCUT2D eigenvalue weighted by molar-refractivity contribution is 6.32. The first-order chi connectivity index (χ1) is 5.69. The minimum atomic E-state index is 0.108. The highest BCUT2D eigenvalue weighted by atomic mass is 35.5. The van der Waals surface area contributed by atoms with E-state index in [1.165, 1.54) is 0 Å². The first-order valence-corrected chi connectivity index (χ1v) is 3.54. The van der Waals surface area contributed by atoms with Crippen molar-refractivity contribution in [3.63, 3.8) is 0 Å². The van der Waals surface area contributed by atoms with Crippen LogP contribution in [0.25, 0.3) is 0 Å². The summed E-state index contributed by atoms with van der Waals surface area (Å²) in [5.74, 6) is 0.583. The average molecular weight is 186 g/mol. The largest absolute Gasteiger partial charge is 0.371 e. The van der Waals surface area contributed by atoms with Crippen LogP contribution in [-0.2, 0) is 0 Å². The van der Waals surface area contributed by atoms with Gasteiger partial charge in [-0.25, -0.2) is 0 Å². The van der Waals surface area contributed by atoms with Crippen molar-refractivity contribution in [3.8, 4) is 0 Å². The maximum absolute atomic E-state index is 5.71. The molecule has 0 saturated carbocycles. The quantitative estimate of drug-likeness (QED) is 0.534. The van der Waals surface area contributed by atoms with Crippen LogP contribution < -0.4 is 11.1 Å². The van der Waals surface area contributed by atoms with Crippen molar-refractivity contribution >= 4 is 35.8 Å². The summed E-state index contributed by atoms with van der Waals surface area (Å²) >= 11 is 5.71. The van der Waals surface area contributed by atoms with Gasteiger partial charge in [0.1, 0.15) is 5.69 Å². The predicted octanol–water partition coefficient (Wildman–Crippen LogP) is 1.09. The molecule has 0 spiro atoms. The maximum atomic E-state index is 5.71. The van der Waals surface area contributed by atoms with E-state index < -0.39 is 0 Å². The Morgan fingerprint density at radius 1 is 1.58 bits per heavy atom. The number of nitrogens with one attached hydrogen (secondary N) is 1. The fourth-order valence-corrected chi connectivity index (χ4v) is 0.994. The molecule has 0 aromatic carbocycles. The second-order valence-corrected chi connectivity index (χ2v) is 2.34. The molecule has 0 bridgehead atoms. The van der Waals surface area contributed by atoms with Crippen LogP contribution in [0, 0.1) is 0 Å². The summed E-state index contributed by atoms with van der Waals surface area (Å²) in [6, 6.07) is 0. The molecule has 64 valence electrons. The average Bonchev–Trinajstić information content (AvgIpc) is 2.03. The minimum Gasteiger partial charge on any atom is -0.371 e. The number of nitrogens with zero attached hydrogens (tertiary/aromatic N) is 3. The monoisotopic (exact) mass is 185 g/mol. The van der Waals surface area contributed by atoms with E-state index in [4.69, 9.17) is 17.3 Å². The smallest absolute Gasteiger partial charge is 0.223 e. The molecule has 12 heavy (non-hydrogen) atoms. The van der Waals surface area contributed by atoms with E-state index in [9.17, 15) is 0 Å². The Morgan fingerprint density at radius 2 is 2.25 bits per heavy atom. The fraction of sp³-hybridized carbons (Fsp3) is 0.167. The molecule has 0 radical (unpaired) electrons. The Balaban J connectivity index is 3.33. The van der Waals surface area contributed by atoms with Crippen molar-refractivity contribution in [1.82, 2.24) is 9.97 Å². The molecule has 1 aromatic rings. The van der Waals surface area contributed by atoms with E-state index in [1.807, 2.05) is 0 Å². The lowest BCUT2D eigenvalue weighted by Crippen LogP contribution is -2.00. The van der Waals surface area contributed by atoms with Gasteiger partial charge >= 0.3 is 0 Å². The van der Waals surface area contributed by atoms with Crippen LogP contribution in [0.5, 0.6) is 0 Å². The molecule has 0 aliphatic heterocycles. The molecular weight excluding hydrogens is 178 g/mol. The van der Waals surface area contributed by atoms with Crippen molar-refractivity contribution in [1.29, 1.82) is 0 Å². The van der Waals surface area contributed by atoms with E-state index in [2.05, 4.69) is 27.0 Å². The molecule has 0 fully saturated rings. The van der Waals surface area contributed by atoms with Crippen LogP contribution in [0.4, 0.5) is 17.5 Å². The van der Waals surface area contributed by atoms with Crippen molar-refractivity contribution in [2.45, 2.75) is 0 Å². The number of hydrogen-bond donors (Lipinski definition) is 2. The van der Waals surface area contributed by atoms with E-state index >= 15 is 0 Å². The van der Waals surface area contributed by atoms with Crippen LogP contribution >= 0.6 is 11.6 Å². The maximum Gasteiger partial charge on any atom is 0.223 e. The van der Waals surface area contributed by atoms with Gasteiger partial charge in [-0.1, -0.05) is 11.6 Å². The zero-order valence-corrected chi connectivity index (χ0v) is 7.26. The van der Waals surface area contributed by atoms with Crippen molar-refractivity contribution in [2.75, 3.05) is 18.1 Å². The van der Waals surface area contributed by atoms with Gasteiger partial charge in [-0.15, -0.1) is 0 Å². The number of hydrogen-bond acceptors (Lipinski definition) is 5. The topological polar surface area (TPSA) is 76.2 Å². The predicted molar refractivity (Wildman–Crippen MR) is 50.2 cm³/mol. The van der Waals surface area contributed by atoms with Crippen molar-refractivity contribution in [2.24, 2.45) is 4.99 Å². The SMILES string of the molecule is C=Nc1c(Cl)nc(N)nc1NC. The molecule has 0 amide bonds. The fourth-order valence-electron chi connectivity index (χ4n) is 0.758. The molecule has 0 atom stereocenters. The summed E-state index contributed by atoms with van der Waals surface area (Å²) in [6.45, 7) is 3.33. The molecule has 0 aliphatic rings. The first kappa shape index (κ1) is 8.73. The molecule has 0 aliphatic carbocycles. The van der Waals surface area contributed by atoms with Crippen molar-refractivity contribution in [3.05, 3.63) is 5.15 Å². The lowest BCUT2D eigenvalue weighted by Gasteiger charge is -2.04. The van der Waals surface area contributed by atoms with Crippen LogP contribution in [0.1, 0.15) is 0 Å². The van der Waals surface area contributed by atoms with E-state index in [0.29, 0.717) is 11.5 Å². The van der Waals surface area contributed by atoms with Gasteiger partial charge in [0.25, 0.3) is 0 Å². The number of anilines is 2. The molecule has 1 rings (SSSR count). The Kier molecular flexibility index (Phi) is 2.44. The molecule has 0 unspecified atom stereocenters. The van der Waals surface area contributed by atoms with Gasteiger partial charge in [0.2, 0.25) is 5.95 Å². The zero-order chi connectivity index (χ0) is 9.14. The van der Waals surface area contributed by atoms with E-state index in [1.54, 1.807) is 7.05 Å². The second kappa shape index (κ2) is 3.36. The van der Waals surface area contributed by atoms with Crippen LogP contribution in [0.2, 0.25) is 5.15 Å². The summed E-state index contributed by atoms with van der Waals surface area (Å²) in [6.07, 6.45) is 0. The van der Waals surface area contributed by atoms with Gasteiger partial charge < -0.3 is 11.1 Å². The van der Waals surface area contributed by atoms with Crippen molar-refractivity contribution < 1.29 is 0 Å². The molecule has 3 N–H and O–H groups in total. The van der Waals surface area contributed by atoms with Gasteiger partial charge in [-0.05, 0) is 6.72 Å². The third-order valence-electron chi connectivity index (χ3n) is 1.25. The number of nitrogens with two attached hydrogens (primary N) is 1. The van der Waals surface area contributed by atoms with Gasteiger partial charge in [0, 0.05) is 7.05 Å². The number of rotatable bonds is 2. The molecule has 0 saturated heterocycles. The Bertz CT molecular complexity index is 311. The highest BCUT2D eigenvalue weighted by Gasteiger charge is 2.08. The summed E-state index contributed by atoms with van der Waals surface area (Å²) in [7, 11) is 1.69. The van der Waals surface area contributed by atoms with E-state index in [0.717, 1.165) is 0 Å². The summed E-state index contributed by atoms with van der Waals surface area (Å²) in [5.41, 5.74) is 5.76. The summed E-state index contributed by atoms with van der Waals surface area (Å²) in [4.78, 5) is 11.2. The molecule has 1 heterocycles. The highest BCUT2D eigenvalue weighted by Crippen LogP contribution is 2.29. The number of aliphatic imine (C=N–C) groups is 1. The minimum absolute atomic E-state index is 0.108. The Morgan fingerprint density at radius 3 is 2.75 bits per heavy atom. The number of halogens is 1. The van der Waals surface area contributed by atoms with Gasteiger partial charge in [0.05, 0.1) is 0 Å². The summed E-state index contributed by atoms with van der Waals surface area (Å²) in [5, 5.41) is 2.98. The van der Waals surface area contributed by atoms with Crippen LogP contribution in [0.3, 0.4) is 0 Å². The second-order valence-electron chi connectivity index (χ2n) is 1.98. The molecule has 5 nitrogen and oxygen atoms in total. The molecule has 1 aromatic heterocycles. The van der Waals surface area contributed by atoms with Crippen LogP contribution in [0.15, 0.2) is 4.99 Å². The standard InChI is InChI=1S/C6H8ClN5/c1-9-3-4(7)11-6(8)12-5(3)10-2/h1H2,2H3,(H3,8,10,11,12). The van der Waals surface area contributed by atoms with Gasteiger partial charge in [-0.3, -0.25) is 4.99 Å². The molecule has 6 heteroatoms. The third kappa shape index (κ3) is 1.45. The van der Waals surface area contributed by atoms with Gasteiger partial charge in [-0.2, -0.15) is 9.97 Å². The number of aromatic nitrogens is 2. The zero-order valence-electron chi connectivity index (χ0n) is 6.50. The Labute approximate surface area is 74.7 Å². The molecular formula is C6H8ClN5. The Hall–Kier alpha value is -1.36. The first-order valence-electron chi connectivity index (χ1n) is 3.16. The van der Waals surface area contributed by atoms with Gasteiger partial charge in [0.15, 0.2) is 11.0 Å². The lowest BCUT2D eigenvalue weighted by molar-refractivity contribution is 1.17. The van der Waals surface area contributed by atoms with E-state index in [-0.39, 0.29) is 11.1 Å². The summed E-state index contributed by atoms with van der Waals surface area (Å²) < 4.78 is 0. The van der Waals surface area contributed by atoms with Crippen LogP contribution in [-0.4, -0.2) is 23.7 Å². The number of nitrogen functional groups attached to an aromatic ring is 1. The lowest BCUT2D eigenvalue weighted by atomic mass is 10.5.